The molecular weight excluding hydrogens is 228 g/mol. The van der Waals surface area contributed by atoms with Crippen molar-refractivity contribution in [1.82, 2.24) is 19.6 Å². The lowest BCUT2D eigenvalue weighted by atomic mass is 10.4. The molecule has 7 heteroatoms. The van der Waals surface area contributed by atoms with Gasteiger partial charge >= 0.3 is 0 Å². The summed E-state index contributed by atoms with van der Waals surface area (Å²) in [7, 11) is -0.0595. The van der Waals surface area contributed by atoms with E-state index >= 15 is 0 Å². The van der Waals surface area contributed by atoms with Gasteiger partial charge in [0.2, 0.25) is 10.0 Å². The third-order valence-corrected chi connectivity index (χ3v) is 3.88. The largest absolute Gasteiger partial charge is 0.310 e. The summed E-state index contributed by atoms with van der Waals surface area (Å²) in [6, 6.07) is 1.79. The van der Waals surface area contributed by atoms with Crippen molar-refractivity contribution in [3.8, 4) is 0 Å². The van der Waals surface area contributed by atoms with Crippen molar-refractivity contribution in [2.45, 2.75) is 6.54 Å². The first-order valence-corrected chi connectivity index (χ1v) is 6.49. The minimum absolute atomic E-state index is 0.0884. The summed E-state index contributed by atoms with van der Waals surface area (Å²) >= 11 is 0. The molecule has 0 radical (unpaired) electrons. The standard InChI is InChI=1S/C9H16N4O2S/c1-13(2)16(14,15)6-5-10-7-9-3-4-11-8-12-9/h3-4,8,10H,5-7H2,1-2H3. The van der Waals surface area contributed by atoms with Crippen LogP contribution in [0, 0.1) is 0 Å². The molecule has 0 fully saturated rings. The predicted molar refractivity (Wildman–Crippen MR) is 61.2 cm³/mol. The zero-order chi connectivity index (χ0) is 12.0. The lowest BCUT2D eigenvalue weighted by Crippen LogP contribution is -2.31. The minimum Gasteiger partial charge on any atom is -0.310 e. The molecule has 0 bridgehead atoms. The first-order valence-electron chi connectivity index (χ1n) is 4.88. The lowest BCUT2D eigenvalue weighted by molar-refractivity contribution is 0.517. The van der Waals surface area contributed by atoms with Crippen LogP contribution in [0.5, 0.6) is 0 Å². The van der Waals surface area contributed by atoms with Gasteiger partial charge in [-0.05, 0) is 6.07 Å². The van der Waals surface area contributed by atoms with Crippen molar-refractivity contribution in [1.29, 1.82) is 0 Å². The number of sulfonamides is 1. The molecule has 0 saturated carbocycles. The summed E-state index contributed by atoms with van der Waals surface area (Å²) in [5.74, 6) is 0.0884. The highest BCUT2D eigenvalue weighted by Gasteiger charge is 2.12. The smallest absolute Gasteiger partial charge is 0.214 e. The molecule has 90 valence electrons. The molecule has 1 rings (SSSR count). The Morgan fingerprint density at radius 2 is 2.19 bits per heavy atom. The highest BCUT2D eigenvalue weighted by Crippen LogP contribution is 1.93. The number of nitrogens with one attached hydrogen (secondary N) is 1. The van der Waals surface area contributed by atoms with Gasteiger partial charge in [0, 0.05) is 33.4 Å². The first kappa shape index (κ1) is 13.0. The van der Waals surface area contributed by atoms with Crippen LogP contribution in [0.15, 0.2) is 18.6 Å². The Kier molecular flexibility index (Phi) is 4.78. The Morgan fingerprint density at radius 3 is 2.75 bits per heavy atom. The maximum atomic E-state index is 11.4. The fourth-order valence-corrected chi connectivity index (χ4v) is 1.79. The van der Waals surface area contributed by atoms with Crippen molar-refractivity contribution in [2.75, 3.05) is 26.4 Å². The van der Waals surface area contributed by atoms with Gasteiger partial charge in [0.05, 0.1) is 11.4 Å². The van der Waals surface area contributed by atoms with E-state index in [-0.39, 0.29) is 5.75 Å². The molecule has 0 aliphatic heterocycles. The summed E-state index contributed by atoms with van der Waals surface area (Å²) in [6.07, 6.45) is 3.12. The molecule has 0 amide bonds. The highest BCUT2D eigenvalue weighted by molar-refractivity contribution is 7.89. The fourth-order valence-electron chi connectivity index (χ4n) is 1.02. The quantitative estimate of drug-likeness (QED) is 0.680. The van der Waals surface area contributed by atoms with E-state index in [2.05, 4.69) is 15.3 Å². The van der Waals surface area contributed by atoms with Gasteiger partial charge in [0.15, 0.2) is 0 Å². The Morgan fingerprint density at radius 1 is 1.44 bits per heavy atom. The Bertz CT molecular complexity index is 405. The molecular formula is C9H16N4O2S. The SMILES string of the molecule is CN(C)S(=O)(=O)CCNCc1ccncn1. The molecule has 6 nitrogen and oxygen atoms in total. The lowest BCUT2D eigenvalue weighted by Gasteiger charge is -2.11. The van der Waals surface area contributed by atoms with Gasteiger partial charge in [-0.1, -0.05) is 0 Å². The molecule has 1 N–H and O–H groups in total. The maximum absolute atomic E-state index is 11.4. The second-order valence-corrected chi connectivity index (χ2v) is 5.78. The molecule has 0 spiro atoms. The number of hydrogen-bond acceptors (Lipinski definition) is 5. The molecule has 0 unspecified atom stereocenters. The summed E-state index contributed by atoms with van der Waals surface area (Å²) < 4.78 is 24.0. The number of nitrogens with zero attached hydrogens (tertiary/aromatic N) is 3. The van der Waals surface area contributed by atoms with Gasteiger partial charge in [-0.25, -0.2) is 22.7 Å². The average molecular weight is 244 g/mol. The van der Waals surface area contributed by atoms with E-state index < -0.39 is 10.0 Å². The zero-order valence-corrected chi connectivity index (χ0v) is 10.2. The maximum Gasteiger partial charge on any atom is 0.214 e. The van der Waals surface area contributed by atoms with Crippen molar-refractivity contribution >= 4 is 10.0 Å². The summed E-state index contributed by atoms with van der Waals surface area (Å²) in [5.41, 5.74) is 0.845. The van der Waals surface area contributed by atoms with E-state index in [1.165, 1.54) is 24.7 Å². The van der Waals surface area contributed by atoms with Gasteiger partial charge in [-0.2, -0.15) is 0 Å². The number of hydrogen-bond donors (Lipinski definition) is 1. The zero-order valence-electron chi connectivity index (χ0n) is 9.42. The minimum atomic E-state index is -3.11. The normalized spacial score (nSPS) is 11.9. The molecule has 0 saturated heterocycles. The molecule has 1 aromatic rings. The van der Waals surface area contributed by atoms with Crippen LogP contribution in [0.4, 0.5) is 0 Å². The van der Waals surface area contributed by atoms with Gasteiger partial charge in [-0.3, -0.25) is 0 Å². The Hall–Kier alpha value is -1.05. The van der Waals surface area contributed by atoms with E-state index in [1.54, 1.807) is 12.3 Å². The fraction of sp³-hybridized carbons (Fsp3) is 0.556. The van der Waals surface area contributed by atoms with E-state index in [0.29, 0.717) is 13.1 Å². The van der Waals surface area contributed by atoms with Gasteiger partial charge in [-0.15, -0.1) is 0 Å². The van der Waals surface area contributed by atoms with Crippen LogP contribution in [0.25, 0.3) is 0 Å². The molecule has 0 aliphatic rings. The Labute approximate surface area is 95.8 Å². The summed E-state index contributed by atoms with van der Waals surface area (Å²) in [4.78, 5) is 7.81. The third kappa shape index (κ3) is 4.21. The van der Waals surface area contributed by atoms with Crippen LogP contribution in [-0.4, -0.2) is 49.1 Å². The molecule has 0 aliphatic carbocycles. The second-order valence-electron chi connectivity index (χ2n) is 3.48. The van der Waals surface area contributed by atoms with E-state index in [9.17, 15) is 8.42 Å². The molecule has 16 heavy (non-hydrogen) atoms. The van der Waals surface area contributed by atoms with Crippen molar-refractivity contribution in [3.05, 3.63) is 24.3 Å². The Balaban J connectivity index is 2.28. The summed E-state index contributed by atoms with van der Waals surface area (Å²) in [6.45, 7) is 0.954. The van der Waals surface area contributed by atoms with E-state index in [4.69, 9.17) is 0 Å². The van der Waals surface area contributed by atoms with Crippen molar-refractivity contribution in [2.24, 2.45) is 0 Å². The van der Waals surface area contributed by atoms with Gasteiger partial charge < -0.3 is 5.32 Å². The monoisotopic (exact) mass is 244 g/mol. The van der Waals surface area contributed by atoms with Crippen LogP contribution in [0.1, 0.15) is 5.69 Å². The third-order valence-electron chi connectivity index (χ3n) is 2.04. The van der Waals surface area contributed by atoms with Crippen LogP contribution in [0.2, 0.25) is 0 Å². The number of rotatable bonds is 6. The second kappa shape index (κ2) is 5.88. The van der Waals surface area contributed by atoms with Crippen LogP contribution >= 0.6 is 0 Å². The van der Waals surface area contributed by atoms with Crippen molar-refractivity contribution < 1.29 is 8.42 Å². The summed E-state index contributed by atoms with van der Waals surface area (Å²) in [5, 5.41) is 3.02. The van der Waals surface area contributed by atoms with Gasteiger partial charge in [0.1, 0.15) is 6.33 Å². The molecule has 0 atom stereocenters. The van der Waals surface area contributed by atoms with Gasteiger partial charge in [0.25, 0.3) is 0 Å². The molecule has 1 aromatic heterocycles. The molecule has 1 heterocycles. The van der Waals surface area contributed by atoms with E-state index in [0.717, 1.165) is 5.69 Å². The number of aromatic nitrogens is 2. The van der Waals surface area contributed by atoms with Crippen molar-refractivity contribution in [3.63, 3.8) is 0 Å². The topological polar surface area (TPSA) is 75.2 Å². The van der Waals surface area contributed by atoms with Crippen LogP contribution in [0.3, 0.4) is 0 Å². The molecule has 0 aromatic carbocycles. The average Bonchev–Trinajstić information content (AvgIpc) is 2.26. The van der Waals surface area contributed by atoms with E-state index in [1.807, 2.05) is 0 Å². The first-order chi connectivity index (χ1) is 7.52. The highest BCUT2D eigenvalue weighted by atomic mass is 32.2. The van der Waals surface area contributed by atoms with Crippen LogP contribution < -0.4 is 5.32 Å². The predicted octanol–water partition coefficient (Wildman–Crippen LogP) is -0.542. The van der Waals surface area contributed by atoms with Crippen LogP contribution in [-0.2, 0) is 16.6 Å².